The number of benzene rings is 1. The van der Waals surface area contributed by atoms with Gasteiger partial charge in [0.1, 0.15) is 0 Å². The SMILES string of the molecule is O=C(c1ccccc1)C1CCN(C(=O)CCN2C(=O)C3CCCCC3C2=O)CC1. The van der Waals surface area contributed by atoms with Crippen molar-refractivity contribution < 1.29 is 19.2 Å². The van der Waals surface area contributed by atoms with Crippen LogP contribution in [0.2, 0.25) is 0 Å². The zero-order valence-corrected chi connectivity index (χ0v) is 16.7. The molecule has 0 N–H and O–H groups in total. The molecule has 0 bridgehead atoms. The Morgan fingerprint density at radius 3 is 2.03 bits per heavy atom. The van der Waals surface area contributed by atoms with E-state index in [9.17, 15) is 19.2 Å². The van der Waals surface area contributed by atoms with Crippen LogP contribution in [-0.4, -0.2) is 52.9 Å². The van der Waals surface area contributed by atoms with Crippen molar-refractivity contribution in [2.75, 3.05) is 19.6 Å². The Labute approximate surface area is 171 Å². The molecule has 1 aromatic rings. The molecule has 3 fully saturated rings. The van der Waals surface area contributed by atoms with Gasteiger partial charge in [-0.15, -0.1) is 0 Å². The minimum Gasteiger partial charge on any atom is -0.343 e. The third-order valence-electron chi connectivity index (χ3n) is 6.76. The number of Topliss-reactive ketones (excluding diaryl/α,β-unsaturated/α-hetero) is 1. The molecule has 0 spiro atoms. The van der Waals surface area contributed by atoms with Crippen LogP contribution < -0.4 is 0 Å². The van der Waals surface area contributed by atoms with Crippen LogP contribution in [0.1, 0.15) is 55.3 Å². The van der Waals surface area contributed by atoms with Gasteiger partial charge in [0.2, 0.25) is 17.7 Å². The molecule has 4 rings (SSSR count). The summed E-state index contributed by atoms with van der Waals surface area (Å²) in [6, 6.07) is 9.29. The number of amides is 3. The van der Waals surface area contributed by atoms with Gasteiger partial charge in [-0.2, -0.15) is 0 Å². The first-order valence-corrected chi connectivity index (χ1v) is 10.8. The van der Waals surface area contributed by atoms with Gasteiger partial charge in [-0.3, -0.25) is 24.1 Å². The molecule has 154 valence electrons. The third kappa shape index (κ3) is 3.98. The predicted octanol–water partition coefficient (Wildman–Crippen LogP) is 2.67. The number of hydrogen-bond donors (Lipinski definition) is 0. The summed E-state index contributed by atoms with van der Waals surface area (Å²) in [5.74, 6) is -0.428. The van der Waals surface area contributed by atoms with Crippen molar-refractivity contribution in [3.63, 3.8) is 0 Å². The fourth-order valence-electron chi connectivity index (χ4n) is 5.05. The Kier molecular flexibility index (Phi) is 5.79. The standard InChI is InChI=1S/C23H28N2O4/c26-20(12-15-25-22(28)18-8-4-5-9-19(18)23(25)29)24-13-10-17(11-14-24)21(27)16-6-2-1-3-7-16/h1-3,6-7,17-19H,4-5,8-15H2. The maximum absolute atomic E-state index is 12.6. The number of imide groups is 1. The quantitative estimate of drug-likeness (QED) is 0.566. The monoisotopic (exact) mass is 396 g/mol. The van der Waals surface area contributed by atoms with Crippen molar-refractivity contribution in [2.24, 2.45) is 17.8 Å². The average molecular weight is 396 g/mol. The van der Waals surface area contributed by atoms with Gasteiger partial charge in [0.15, 0.2) is 5.78 Å². The van der Waals surface area contributed by atoms with Gasteiger partial charge in [0.05, 0.1) is 11.8 Å². The molecule has 2 heterocycles. The summed E-state index contributed by atoms with van der Waals surface area (Å²) in [4.78, 5) is 53.4. The van der Waals surface area contributed by atoms with Crippen molar-refractivity contribution in [1.29, 1.82) is 0 Å². The van der Waals surface area contributed by atoms with Crippen LogP contribution in [0.4, 0.5) is 0 Å². The molecule has 1 aromatic carbocycles. The molecule has 2 saturated heterocycles. The van der Waals surface area contributed by atoms with E-state index in [1.807, 2.05) is 30.3 Å². The summed E-state index contributed by atoms with van der Waals surface area (Å²) in [6.07, 6.45) is 5.09. The minimum atomic E-state index is -0.161. The zero-order valence-electron chi connectivity index (χ0n) is 16.7. The van der Waals surface area contributed by atoms with Gasteiger partial charge >= 0.3 is 0 Å². The number of nitrogens with zero attached hydrogens (tertiary/aromatic N) is 2. The van der Waals surface area contributed by atoms with E-state index in [0.717, 1.165) is 31.2 Å². The van der Waals surface area contributed by atoms with Crippen LogP contribution in [0.3, 0.4) is 0 Å². The Morgan fingerprint density at radius 2 is 1.45 bits per heavy atom. The Balaban J connectivity index is 1.27. The fraction of sp³-hybridized carbons (Fsp3) is 0.565. The lowest BCUT2D eigenvalue weighted by Gasteiger charge is -2.31. The first-order chi connectivity index (χ1) is 14.1. The topological polar surface area (TPSA) is 74.8 Å². The van der Waals surface area contributed by atoms with Crippen LogP contribution in [0, 0.1) is 17.8 Å². The number of ketones is 1. The Hall–Kier alpha value is -2.50. The lowest BCUT2D eigenvalue weighted by Crippen LogP contribution is -2.42. The van der Waals surface area contributed by atoms with Crippen LogP contribution in [0.5, 0.6) is 0 Å². The molecular formula is C23H28N2O4. The van der Waals surface area contributed by atoms with Crippen LogP contribution in [0.15, 0.2) is 30.3 Å². The summed E-state index contributed by atoms with van der Waals surface area (Å²) in [6.45, 7) is 1.29. The van der Waals surface area contributed by atoms with E-state index in [2.05, 4.69) is 0 Å². The van der Waals surface area contributed by atoms with Gasteiger partial charge < -0.3 is 4.90 Å². The normalized spacial score (nSPS) is 25.2. The van der Waals surface area contributed by atoms with Crippen molar-refractivity contribution in [3.05, 3.63) is 35.9 Å². The van der Waals surface area contributed by atoms with Crippen molar-refractivity contribution in [1.82, 2.24) is 9.80 Å². The molecule has 3 amide bonds. The van der Waals surface area contributed by atoms with Crippen molar-refractivity contribution >= 4 is 23.5 Å². The van der Waals surface area contributed by atoms with Gasteiger partial charge in [0, 0.05) is 37.5 Å². The minimum absolute atomic E-state index is 0.0360. The predicted molar refractivity (Wildman–Crippen MR) is 107 cm³/mol. The molecule has 2 aliphatic heterocycles. The van der Waals surface area contributed by atoms with Crippen LogP contribution >= 0.6 is 0 Å². The van der Waals surface area contributed by atoms with Crippen LogP contribution in [0.25, 0.3) is 0 Å². The van der Waals surface area contributed by atoms with Gasteiger partial charge in [-0.05, 0) is 25.7 Å². The highest BCUT2D eigenvalue weighted by molar-refractivity contribution is 6.05. The largest absolute Gasteiger partial charge is 0.343 e. The van der Waals surface area contributed by atoms with Crippen LogP contribution in [-0.2, 0) is 14.4 Å². The number of likely N-dealkylation sites (tertiary alicyclic amines) is 2. The molecule has 3 aliphatic rings. The first-order valence-electron chi connectivity index (χ1n) is 10.8. The smallest absolute Gasteiger partial charge is 0.233 e. The summed E-state index contributed by atoms with van der Waals surface area (Å²) in [5.41, 5.74) is 0.727. The molecule has 2 unspecified atom stereocenters. The fourth-order valence-corrected chi connectivity index (χ4v) is 5.05. The van der Waals surface area contributed by atoms with E-state index >= 15 is 0 Å². The number of rotatable bonds is 5. The van der Waals surface area contributed by atoms with E-state index in [1.54, 1.807) is 4.90 Å². The molecule has 6 heteroatoms. The summed E-state index contributed by atoms with van der Waals surface area (Å²) in [7, 11) is 0. The molecule has 29 heavy (non-hydrogen) atoms. The highest BCUT2D eigenvalue weighted by Crippen LogP contribution is 2.38. The Bertz CT molecular complexity index is 774. The first kappa shape index (κ1) is 19.8. The second kappa shape index (κ2) is 8.47. The van der Waals surface area contributed by atoms with E-state index in [-0.39, 0.29) is 54.2 Å². The second-order valence-electron chi connectivity index (χ2n) is 8.46. The average Bonchev–Trinajstić information content (AvgIpc) is 3.02. The highest BCUT2D eigenvalue weighted by atomic mass is 16.2. The van der Waals surface area contributed by atoms with Gasteiger partial charge in [0.25, 0.3) is 0 Å². The third-order valence-corrected chi connectivity index (χ3v) is 6.76. The molecule has 6 nitrogen and oxygen atoms in total. The summed E-state index contributed by atoms with van der Waals surface area (Å²) < 4.78 is 0. The Morgan fingerprint density at radius 1 is 0.862 bits per heavy atom. The summed E-state index contributed by atoms with van der Waals surface area (Å²) >= 11 is 0. The lowest BCUT2D eigenvalue weighted by atomic mass is 9.81. The van der Waals surface area contributed by atoms with Crippen molar-refractivity contribution in [3.8, 4) is 0 Å². The molecule has 2 atom stereocenters. The molecule has 1 saturated carbocycles. The van der Waals surface area contributed by atoms with E-state index in [1.165, 1.54) is 4.90 Å². The van der Waals surface area contributed by atoms with E-state index < -0.39 is 0 Å². The van der Waals surface area contributed by atoms with E-state index in [4.69, 9.17) is 0 Å². The maximum Gasteiger partial charge on any atom is 0.233 e. The maximum atomic E-state index is 12.6. The number of fused-ring (bicyclic) bond motifs is 1. The molecular weight excluding hydrogens is 368 g/mol. The summed E-state index contributed by atoms with van der Waals surface area (Å²) in [5, 5.41) is 0. The van der Waals surface area contributed by atoms with Gasteiger partial charge in [-0.1, -0.05) is 43.2 Å². The lowest BCUT2D eigenvalue weighted by molar-refractivity contribution is -0.141. The number of piperidine rings is 1. The zero-order chi connectivity index (χ0) is 20.4. The second-order valence-corrected chi connectivity index (χ2v) is 8.46. The molecule has 0 radical (unpaired) electrons. The number of carbonyl (C=O) groups is 4. The molecule has 0 aromatic heterocycles. The van der Waals surface area contributed by atoms with Gasteiger partial charge in [-0.25, -0.2) is 0 Å². The highest BCUT2D eigenvalue weighted by Gasteiger charge is 2.47. The number of carbonyl (C=O) groups excluding carboxylic acids is 4. The molecule has 1 aliphatic carbocycles. The number of hydrogen-bond acceptors (Lipinski definition) is 4. The van der Waals surface area contributed by atoms with E-state index in [0.29, 0.717) is 25.9 Å². The van der Waals surface area contributed by atoms with Crippen molar-refractivity contribution in [2.45, 2.75) is 44.9 Å².